The van der Waals surface area contributed by atoms with Gasteiger partial charge in [-0.05, 0) is 86.2 Å². The first kappa shape index (κ1) is 46.8. The summed E-state index contributed by atoms with van der Waals surface area (Å²) in [5.41, 5.74) is 2.00. The number of aromatic nitrogens is 2. The van der Waals surface area contributed by atoms with Crippen LogP contribution >= 0.6 is 31.4 Å². The van der Waals surface area contributed by atoms with E-state index in [1.807, 2.05) is 61.3 Å². The lowest BCUT2D eigenvalue weighted by Gasteiger charge is -2.02. The van der Waals surface area contributed by atoms with Crippen LogP contribution in [0.5, 0.6) is 0 Å². The number of rotatable bonds is 12. The number of hydrogen-bond acceptors (Lipinski definition) is 10. The number of sulfonamides is 1. The highest BCUT2D eigenvalue weighted by Crippen LogP contribution is 2.12. The van der Waals surface area contributed by atoms with Crippen molar-refractivity contribution in [1.29, 1.82) is 0 Å². The molecule has 0 aliphatic rings. The zero-order valence-corrected chi connectivity index (χ0v) is 27.4. The summed E-state index contributed by atoms with van der Waals surface area (Å²) in [6.07, 6.45) is 11.0. The summed E-state index contributed by atoms with van der Waals surface area (Å²) in [7, 11) is -4.12. The molecule has 254 valence electrons. The summed E-state index contributed by atoms with van der Waals surface area (Å²) in [4.78, 5) is 14.3. The Morgan fingerprint density at radius 2 is 1.54 bits per heavy atom. The van der Waals surface area contributed by atoms with Crippen LogP contribution in [0, 0.1) is 6.92 Å². The van der Waals surface area contributed by atoms with Crippen molar-refractivity contribution in [3.63, 3.8) is 0 Å². The molecule has 0 amide bonds. The number of aromatic amines is 1. The molecule has 0 aliphatic heterocycles. The third-order valence-corrected chi connectivity index (χ3v) is 7.75. The Kier molecular flexibility index (Phi) is 30.6. The number of H-pyrrole nitrogens is 1. The molecule has 3 aromatic heterocycles. The van der Waals surface area contributed by atoms with E-state index in [1.165, 1.54) is 23.1 Å². The molecule has 4 rings (SSSR count). The average Bonchev–Trinajstić information content (AvgIpc) is 3.81. The van der Waals surface area contributed by atoms with Gasteiger partial charge in [-0.3, -0.25) is 14.4 Å². The molecule has 0 bridgehead atoms. The molecule has 0 fully saturated rings. The molecule has 0 atom stereocenters. The normalized spacial score (nSPS) is 10.2. The predicted octanol–water partition coefficient (Wildman–Crippen LogP) is 9.04. The van der Waals surface area contributed by atoms with E-state index < -0.39 is 18.7 Å². The molecular formula is C32H47N4O6PS3. The Labute approximate surface area is 284 Å². The molecule has 1 aromatic carbocycles. The summed E-state index contributed by atoms with van der Waals surface area (Å²) in [6, 6.07) is 16.3. The number of aldehydes is 1. The van der Waals surface area contributed by atoms with Crippen molar-refractivity contribution in [3.8, 4) is 0 Å². The van der Waals surface area contributed by atoms with Gasteiger partial charge in [-0.1, -0.05) is 52.1 Å². The van der Waals surface area contributed by atoms with Crippen molar-refractivity contribution in [2.24, 2.45) is 5.10 Å². The minimum Gasteiger partial charge on any atom is -0.382 e. The quantitative estimate of drug-likeness (QED) is 0.0373. The number of ether oxygens (including phenoxy) is 1. The molecule has 0 unspecified atom stereocenters. The highest BCUT2D eigenvalue weighted by Gasteiger charge is 2.11. The molecule has 0 spiro atoms. The van der Waals surface area contributed by atoms with E-state index in [9.17, 15) is 17.8 Å². The SMILES string of the molecule is C.C.C.C(=C\c1cccs1)/c1ccn[nH]1.CCOCC.Cc1ccc(S(=O)(=O)N/N=C/COP=O)cc1.O=C/C=C/c1cccs1. The number of hydrazone groups is 1. The Morgan fingerprint density at radius 3 is 2.00 bits per heavy atom. The van der Waals surface area contributed by atoms with Crippen LogP contribution in [0.15, 0.2) is 87.6 Å². The molecule has 0 saturated carbocycles. The van der Waals surface area contributed by atoms with Gasteiger partial charge < -0.3 is 4.74 Å². The van der Waals surface area contributed by atoms with Crippen molar-refractivity contribution >= 4 is 72.1 Å². The summed E-state index contributed by atoms with van der Waals surface area (Å²) >= 11 is 3.34. The van der Waals surface area contributed by atoms with Crippen LogP contribution in [-0.4, -0.2) is 50.9 Å². The van der Waals surface area contributed by atoms with Crippen molar-refractivity contribution in [2.75, 3.05) is 19.8 Å². The number of thiophene rings is 2. The predicted molar refractivity (Wildman–Crippen MR) is 197 cm³/mol. The number of nitrogens with zero attached hydrogens (tertiary/aromatic N) is 2. The first-order valence-corrected chi connectivity index (χ1v) is 16.8. The first-order chi connectivity index (χ1) is 20.9. The van der Waals surface area contributed by atoms with Gasteiger partial charge in [-0.2, -0.15) is 18.6 Å². The van der Waals surface area contributed by atoms with Gasteiger partial charge in [-0.15, -0.1) is 22.7 Å². The topological polar surface area (TPSA) is 140 Å². The molecule has 10 nitrogen and oxygen atoms in total. The summed E-state index contributed by atoms with van der Waals surface area (Å²) < 4.78 is 42.4. The Bertz CT molecular complexity index is 1400. The maximum absolute atomic E-state index is 11.6. The second-order valence-corrected chi connectivity index (χ2v) is 11.8. The second-order valence-electron chi connectivity index (χ2n) is 7.74. The number of hydrogen-bond donors (Lipinski definition) is 2. The standard InChI is InChI=1S/C9H11N2O4PS.C9H8N2S.C7H6OS.C4H10O.3CH4/c1-8-2-4-9(5-3-8)17(13,14)11-10-6-7-15-16-12;1-2-9(12-7-1)4-3-8-5-6-10-11-8;8-5-1-3-7-4-2-6-9-7;1-3-5-4-2;;;/h2-6,11H,7H2,1H3;1-7H,(H,10,11);1-6H;3-4H2,1-2H3;3*1H4/b10-6+;4-3+;3-1+;;;;. The maximum atomic E-state index is 11.6. The number of carbonyl (C=O) groups is 1. The smallest absolute Gasteiger partial charge is 0.327 e. The number of aryl methyl sites for hydroxylation is 1. The van der Waals surface area contributed by atoms with Crippen LogP contribution in [0.1, 0.15) is 57.1 Å². The molecular weight excluding hydrogens is 664 g/mol. The summed E-state index contributed by atoms with van der Waals surface area (Å²) in [5, 5.41) is 14.2. The van der Waals surface area contributed by atoms with Crippen molar-refractivity contribution in [3.05, 3.63) is 98.6 Å². The molecule has 2 N–H and O–H groups in total. The lowest BCUT2D eigenvalue weighted by molar-refractivity contribution is -0.104. The monoisotopic (exact) mass is 710 g/mol. The van der Waals surface area contributed by atoms with Crippen LogP contribution in [0.3, 0.4) is 0 Å². The molecule has 3 heterocycles. The van der Waals surface area contributed by atoms with Gasteiger partial charge in [0, 0.05) is 29.2 Å². The minimum absolute atomic E-state index is 0. The van der Waals surface area contributed by atoms with Crippen molar-refractivity contribution in [1.82, 2.24) is 15.0 Å². The zero-order valence-electron chi connectivity index (χ0n) is 24.0. The van der Waals surface area contributed by atoms with Gasteiger partial charge >= 0.3 is 8.69 Å². The fourth-order valence-electron chi connectivity index (χ4n) is 2.62. The highest BCUT2D eigenvalue weighted by molar-refractivity contribution is 7.89. The number of benzene rings is 1. The van der Waals surface area contributed by atoms with Crippen molar-refractivity contribution in [2.45, 2.75) is 47.9 Å². The molecule has 4 aromatic rings. The van der Waals surface area contributed by atoms with E-state index in [4.69, 9.17) is 4.74 Å². The average molecular weight is 711 g/mol. The van der Waals surface area contributed by atoms with E-state index >= 15 is 0 Å². The second kappa shape index (κ2) is 30.1. The molecule has 46 heavy (non-hydrogen) atoms. The van der Waals surface area contributed by atoms with Crippen LogP contribution in [0.4, 0.5) is 0 Å². The first-order valence-electron chi connectivity index (χ1n) is 12.8. The fourth-order valence-corrected chi connectivity index (χ4v) is 4.81. The molecule has 0 saturated heterocycles. The lowest BCUT2D eigenvalue weighted by atomic mass is 10.2. The number of nitrogens with one attached hydrogen (secondary N) is 2. The van der Waals surface area contributed by atoms with Crippen LogP contribution < -0.4 is 4.83 Å². The zero-order chi connectivity index (χ0) is 31.6. The summed E-state index contributed by atoms with van der Waals surface area (Å²) in [6.45, 7) is 7.49. The Morgan fingerprint density at radius 1 is 0.935 bits per heavy atom. The number of allylic oxidation sites excluding steroid dienone is 1. The maximum Gasteiger partial charge on any atom is 0.327 e. The largest absolute Gasteiger partial charge is 0.382 e. The Hall–Kier alpha value is -3.58. The van der Waals surface area contributed by atoms with Gasteiger partial charge in [0.15, 0.2) is 0 Å². The highest BCUT2D eigenvalue weighted by atomic mass is 32.2. The van der Waals surface area contributed by atoms with Gasteiger partial charge in [0.25, 0.3) is 10.0 Å². The lowest BCUT2D eigenvalue weighted by Crippen LogP contribution is -2.18. The third-order valence-electron chi connectivity index (χ3n) is 4.58. The van der Waals surface area contributed by atoms with Gasteiger partial charge in [-0.25, -0.2) is 9.40 Å². The molecule has 0 aliphatic carbocycles. The van der Waals surface area contributed by atoms with Gasteiger partial charge in [0.05, 0.1) is 23.4 Å². The van der Waals surface area contributed by atoms with E-state index in [-0.39, 0.29) is 33.8 Å². The third kappa shape index (κ3) is 22.9. The summed E-state index contributed by atoms with van der Waals surface area (Å²) in [5.74, 6) is 0. The van der Waals surface area contributed by atoms with E-state index in [1.54, 1.807) is 47.1 Å². The van der Waals surface area contributed by atoms with Gasteiger partial charge in [0.2, 0.25) is 0 Å². The molecule has 14 heteroatoms. The minimum atomic E-state index is -3.65. The number of carbonyl (C=O) groups excluding carboxylic acids is 1. The van der Waals surface area contributed by atoms with Crippen molar-refractivity contribution < 1.29 is 27.0 Å². The van der Waals surface area contributed by atoms with Gasteiger partial charge in [0.1, 0.15) is 6.29 Å². The van der Waals surface area contributed by atoms with E-state index in [0.29, 0.717) is 0 Å². The van der Waals surface area contributed by atoms with Crippen LogP contribution in [0.2, 0.25) is 0 Å². The molecule has 0 radical (unpaired) electrons. The van der Waals surface area contributed by atoms with Crippen LogP contribution in [-0.2, 0) is 28.6 Å². The Balaban J connectivity index is -0.000000563. The fraction of sp³-hybridized carbons (Fsp3) is 0.281. The van der Waals surface area contributed by atoms with E-state index in [2.05, 4.69) is 37.3 Å². The van der Waals surface area contributed by atoms with E-state index in [0.717, 1.165) is 41.8 Å². The van der Waals surface area contributed by atoms with Crippen LogP contribution in [0.25, 0.3) is 18.2 Å².